The van der Waals surface area contributed by atoms with Crippen LogP contribution in [-0.2, 0) is 4.74 Å². The van der Waals surface area contributed by atoms with E-state index < -0.39 is 11.7 Å². The van der Waals surface area contributed by atoms with Crippen LogP contribution in [-0.4, -0.2) is 37.6 Å². The lowest BCUT2D eigenvalue weighted by molar-refractivity contribution is 0.0540. The number of hydrogen-bond acceptors (Lipinski definition) is 5. The maximum absolute atomic E-state index is 12.6. The van der Waals surface area contributed by atoms with E-state index in [2.05, 4.69) is 31.9 Å². The Labute approximate surface area is 169 Å². The Morgan fingerprint density at radius 3 is 2.12 bits per heavy atom. The summed E-state index contributed by atoms with van der Waals surface area (Å²) < 4.78 is 24.6. The van der Waals surface area contributed by atoms with Crippen molar-refractivity contribution in [2.45, 2.75) is 26.4 Å². The zero-order valence-corrected chi connectivity index (χ0v) is 18.6. The summed E-state index contributed by atoms with van der Waals surface area (Å²) in [6, 6.07) is 3.59. The highest BCUT2D eigenvalue weighted by molar-refractivity contribution is 9.11. The molecule has 142 valence electrons. The van der Waals surface area contributed by atoms with Crippen LogP contribution in [0.25, 0.3) is 11.3 Å². The van der Waals surface area contributed by atoms with E-state index in [4.69, 9.17) is 18.9 Å². The molecular formula is C18H21Br2NO5. The van der Waals surface area contributed by atoms with E-state index in [1.54, 1.807) is 12.3 Å². The standard InChI is InChI=1S/C18H21Br2NO5/c1-18(2,3)26-17(22)21-9-10(19)7-12(21)11-8-13(23-4)15(24-5)16(25-6)14(11)20/h7-9H,1-6H3. The number of carbonyl (C=O) groups excluding carboxylic acids is 1. The molecule has 0 aliphatic carbocycles. The van der Waals surface area contributed by atoms with Gasteiger partial charge in [-0.05, 0) is 64.8 Å². The highest BCUT2D eigenvalue weighted by atomic mass is 79.9. The fourth-order valence-electron chi connectivity index (χ4n) is 2.41. The molecule has 0 saturated carbocycles. The van der Waals surface area contributed by atoms with E-state index in [0.29, 0.717) is 33.0 Å². The SMILES string of the molecule is COc1cc(-c2cc(Br)cn2C(=O)OC(C)(C)C)c(Br)c(OC)c1OC. The molecular weight excluding hydrogens is 470 g/mol. The van der Waals surface area contributed by atoms with Crippen molar-refractivity contribution >= 4 is 38.0 Å². The number of carbonyl (C=O) groups is 1. The van der Waals surface area contributed by atoms with Crippen molar-refractivity contribution in [2.24, 2.45) is 0 Å². The first-order chi connectivity index (χ1) is 12.1. The molecule has 0 aliphatic heterocycles. The number of rotatable bonds is 4. The molecule has 1 heterocycles. The fraction of sp³-hybridized carbons (Fsp3) is 0.389. The molecule has 0 bridgehead atoms. The lowest BCUT2D eigenvalue weighted by Crippen LogP contribution is -2.27. The van der Waals surface area contributed by atoms with Crippen molar-refractivity contribution in [3.8, 4) is 28.5 Å². The first-order valence-corrected chi connectivity index (χ1v) is 9.31. The molecule has 2 aromatic rings. The van der Waals surface area contributed by atoms with Crippen molar-refractivity contribution in [1.82, 2.24) is 4.57 Å². The van der Waals surface area contributed by atoms with Crippen LogP contribution < -0.4 is 14.2 Å². The first kappa shape index (κ1) is 20.6. The number of aromatic nitrogens is 1. The van der Waals surface area contributed by atoms with Crippen molar-refractivity contribution < 1.29 is 23.7 Å². The average Bonchev–Trinajstić information content (AvgIpc) is 2.94. The van der Waals surface area contributed by atoms with Gasteiger partial charge in [0.1, 0.15) is 5.60 Å². The van der Waals surface area contributed by atoms with Crippen molar-refractivity contribution in [3.05, 3.63) is 27.3 Å². The Hall–Kier alpha value is -1.67. The van der Waals surface area contributed by atoms with E-state index in [9.17, 15) is 4.79 Å². The second-order valence-electron chi connectivity index (χ2n) is 6.40. The molecule has 1 aromatic heterocycles. The maximum atomic E-state index is 12.6. The first-order valence-electron chi connectivity index (χ1n) is 7.73. The smallest absolute Gasteiger partial charge is 0.419 e. The second kappa shape index (κ2) is 7.92. The molecule has 0 radical (unpaired) electrons. The average molecular weight is 491 g/mol. The summed E-state index contributed by atoms with van der Waals surface area (Å²) in [5.74, 6) is 1.41. The fourth-order valence-corrected chi connectivity index (χ4v) is 3.49. The molecule has 8 heteroatoms. The summed E-state index contributed by atoms with van der Waals surface area (Å²) in [7, 11) is 4.61. The number of nitrogens with zero attached hydrogens (tertiary/aromatic N) is 1. The summed E-state index contributed by atoms with van der Waals surface area (Å²) in [6.45, 7) is 5.45. The molecule has 0 unspecified atom stereocenters. The third-order valence-electron chi connectivity index (χ3n) is 3.42. The van der Waals surface area contributed by atoms with Gasteiger partial charge in [0.25, 0.3) is 0 Å². The Morgan fingerprint density at radius 1 is 1.00 bits per heavy atom. The molecule has 26 heavy (non-hydrogen) atoms. The van der Waals surface area contributed by atoms with Crippen molar-refractivity contribution in [1.29, 1.82) is 0 Å². The van der Waals surface area contributed by atoms with Gasteiger partial charge in [-0.25, -0.2) is 4.79 Å². The van der Waals surface area contributed by atoms with Gasteiger partial charge in [-0.1, -0.05) is 0 Å². The van der Waals surface area contributed by atoms with Gasteiger partial charge in [0.05, 0.1) is 31.5 Å². The minimum absolute atomic E-state index is 0.458. The third kappa shape index (κ3) is 4.17. The number of halogens is 2. The topological polar surface area (TPSA) is 58.9 Å². The predicted molar refractivity (Wildman–Crippen MR) is 107 cm³/mol. The summed E-state index contributed by atoms with van der Waals surface area (Å²) >= 11 is 6.97. The van der Waals surface area contributed by atoms with Gasteiger partial charge in [-0.15, -0.1) is 0 Å². The highest BCUT2D eigenvalue weighted by Gasteiger charge is 2.25. The van der Waals surface area contributed by atoms with E-state index in [1.165, 1.54) is 25.9 Å². The molecule has 2 rings (SSSR count). The van der Waals surface area contributed by atoms with Gasteiger partial charge in [-0.2, -0.15) is 0 Å². The van der Waals surface area contributed by atoms with Crippen LogP contribution in [0.1, 0.15) is 20.8 Å². The third-order valence-corrected chi connectivity index (χ3v) is 4.64. The molecule has 0 amide bonds. The van der Waals surface area contributed by atoms with Crippen LogP contribution in [0.2, 0.25) is 0 Å². The molecule has 0 saturated heterocycles. The highest BCUT2D eigenvalue weighted by Crippen LogP contribution is 2.48. The molecule has 1 aromatic carbocycles. The quantitative estimate of drug-likeness (QED) is 0.567. The Morgan fingerprint density at radius 2 is 1.62 bits per heavy atom. The van der Waals surface area contributed by atoms with Crippen LogP contribution >= 0.6 is 31.9 Å². The van der Waals surface area contributed by atoms with Gasteiger partial charge < -0.3 is 18.9 Å². The molecule has 0 aliphatic rings. The van der Waals surface area contributed by atoms with Crippen molar-refractivity contribution in [2.75, 3.05) is 21.3 Å². The maximum Gasteiger partial charge on any atom is 0.419 e. The monoisotopic (exact) mass is 489 g/mol. The van der Waals surface area contributed by atoms with Gasteiger partial charge >= 0.3 is 6.09 Å². The minimum Gasteiger partial charge on any atom is -0.493 e. The number of methoxy groups -OCH3 is 3. The molecule has 0 atom stereocenters. The molecule has 0 N–H and O–H groups in total. The Bertz CT molecular complexity index is 824. The predicted octanol–water partition coefficient (Wildman–Crippen LogP) is 5.49. The molecule has 6 nitrogen and oxygen atoms in total. The largest absolute Gasteiger partial charge is 0.493 e. The summed E-state index contributed by atoms with van der Waals surface area (Å²) in [5, 5.41) is 0. The van der Waals surface area contributed by atoms with Crippen LogP contribution in [0.5, 0.6) is 17.2 Å². The summed E-state index contributed by atoms with van der Waals surface area (Å²) in [5.41, 5.74) is 0.686. The van der Waals surface area contributed by atoms with Gasteiger partial charge in [0.15, 0.2) is 11.5 Å². The Kier molecular flexibility index (Phi) is 6.29. The van der Waals surface area contributed by atoms with Gasteiger partial charge in [-0.3, -0.25) is 4.57 Å². The molecule has 0 fully saturated rings. The second-order valence-corrected chi connectivity index (χ2v) is 8.11. The van der Waals surface area contributed by atoms with Crippen molar-refractivity contribution in [3.63, 3.8) is 0 Å². The number of benzene rings is 1. The van der Waals surface area contributed by atoms with Crippen LogP contribution in [0, 0.1) is 0 Å². The minimum atomic E-state index is -0.613. The van der Waals surface area contributed by atoms with Gasteiger partial charge in [0, 0.05) is 16.2 Å². The van der Waals surface area contributed by atoms with Crippen LogP contribution in [0.15, 0.2) is 27.3 Å². The normalized spacial score (nSPS) is 11.2. The van der Waals surface area contributed by atoms with Crippen LogP contribution in [0.4, 0.5) is 4.79 Å². The summed E-state index contributed by atoms with van der Waals surface area (Å²) in [4.78, 5) is 12.6. The lowest BCUT2D eigenvalue weighted by Gasteiger charge is -2.21. The summed E-state index contributed by atoms with van der Waals surface area (Å²) in [6.07, 6.45) is 1.16. The van der Waals surface area contributed by atoms with E-state index >= 15 is 0 Å². The van der Waals surface area contributed by atoms with E-state index in [1.807, 2.05) is 26.8 Å². The van der Waals surface area contributed by atoms with Crippen LogP contribution in [0.3, 0.4) is 0 Å². The van der Waals surface area contributed by atoms with E-state index in [0.717, 1.165) is 4.47 Å². The zero-order chi connectivity index (χ0) is 19.6. The lowest BCUT2D eigenvalue weighted by atomic mass is 10.1. The number of hydrogen-bond donors (Lipinski definition) is 0. The Balaban J connectivity index is 2.68. The van der Waals surface area contributed by atoms with E-state index in [-0.39, 0.29) is 0 Å². The zero-order valence-electron chi connectivity index (χ0n) is 15.5. The van der Waals surface area contributed by atoms with Gasteiger partial charge in [0.2, 0.25) is 5.75 Å². The molecule has 0 spiro atoms. The number of ether oxygens (including phenoxy) is 4.